The highest BCUT2D eigenvalue weighted by Gasteiger charge is 2.39. The largest absolute Gasteiger partial charge is 0.352 e. The van der Waals surface area contributed by atoms with Crippen LogP contribution in [0.15, 0.2) is 30.3 Å². The Morgan fingerprint density at radius 1 is 1.04 bits per heavy atom. The van der Waals surface area contributed by atoms with Crippen molar-refractivity contribution in [2.75, 3.05) is 39.3 Å². The summed E-state index contributed by atoms with van der Waals surface area (Å²) in [7, 11) is 0. The number of likely N-dealkylation sites (tertiary alicyclic amines) is 1. The van der Waals surface area contributed by atoms with Crippen molar-refractivity contribution in [2.45, 2.75) is 31.7 Å². The van der Waals surface area contributed by atoms with Crippen molar-refractivity contribution in [1.29, 1.82) is 0 Å². The first-order valence-corrected chi connectivity index (χ1v) is 9.57. The molecule has 4 nitrogen and oxygen atoms in total. The first-order chi connectivity index (χ1) is 11.8. The molecule has 0 radical (unpaired) electrons. The molecule has 2 unspecified atom stereocenters. The number of hydrogen-bond donors (Lipinski definition) is 1. The molecular formula is C20H29N3O. The molecule has 2 atom stereocenters. The second-order valence-electron chi connectivity index (χ2n) is 7.77. The summed E-state index contributed by atoms with van der Waals surface area (Å²) in [5.74, 6) is 1.19. The van der Waals surface area contributed by atoms with Crippen molar-refractivity contribution < 1.29 is 4.79 Å². The molecule has 0 saturated carbocycles. The molecule has 130 valence electrons. The van der Waals surface area contributed by atoms with E-state index < -0.39 is 0 Å². The van der Waals surface area contributed by atoms with Crippen LogP contribution < -0.4 is 5.32 Å². The Bertz CT molecular complexity index is 553. The maximum absolute atomic E-state index is 12.7. The van der Waals surface area contributed by atoms with E-state index in [1.165, 1.54) is 31.5 Å². The van der Waals surface area contributed by atoms with Gasteiger partial charge in [0.25, 0.3) is 0 Å². The quantitative estimate of drug-likeness (QED) is 0.895. The van der Waals surface area contributed by atoms with Crippen LogP contribution in [0.1, 0.15) is 24.8 Å². The van der Waals surface area contributed by atoms with Gasteiger partial charge in [0, 0.05) is 32.2 Å². The second kappa shape index (κ2) is 7.24. The zero-order valence-corrected chi connectivity index (χ0v) is 14.5. The van der Waals surface area contributed by atoms with Gasteiger partial charge in [0.1, 0.15) is 0 Å². The molecule has 1 aromatic rings. The molecule has 4 fully saturated rings. The lowest BCUT2D eigenvalue weighted by molar-refractivity contribution is -0.131. The smallest absolute Gasteiger partial charge is 0.224 e. The van der Waals surface area contributed by atoms with Crippen LogP contribution in [-0.4, -0.2) is 61.0 Å². The summed E-state index contributed by atoms with van der Waals surface area (Å²) in [6.07, 6.45) is 4.63. The van der Waals surface area contributed by atoms with Crippen molar-refractivity contribution in [3.05, 3.63) is 35.9 Å². The third kappa shape index (κ3) is 3.65. The average molecular weight is 327 g/mol. The molecule has 1 N–H and O–H groups in total. The number of carbonyl (C=O) groups is 1. The molecule has 4 aliphatic heterocycles. The Hall–Kier alpha value is -1.39. The van der Waals surface area contributed by atoms with Crippen molar-refractivity contribution in [1.82, 2.24) is 15.1 Å². The molecule has 4 heteroatoms. The number of rotatable bonds is 5. The molecule has 4 aliphatic rings. The average Bonchev–Trinajstić information content (AvgIpc) is 3.09. The molecule has 4 saturated heterocycles. The summed E-state index contributed by atoms with van der Waals surface area (Å²) >= 11 is 0. The number of carbonyl (C=O) groups excluding carboxylic acids is 1. The van der Waals surface area contributed by atoms with Crippen molar-refractivity contribution >= 4 is 5.91 Å². The lowest BCUT2D eigenvalue weighted by Gasteiger charge is -2.44. The van der Waals surface area contributed by atoms with E-state index in [1.54, 1.807) is 0 Å². The van der Waals surface area contributed by atoms with Crippen LogP contribution in [0, 0.1) is 11.8 Å². The van der Waals surface area contributed by atoms with Crippen LogP contribution in [0.5, 0.6) is 0 Å². The third-order valence-corrected chi connectivity index (χ3v) is 6.17. The van der Waals surface area contributed by atoms with Gasteiger partial charge < -0.3 is 15.1 Å². The number of amides is 1. The molecule has 5 rings (SSSR count). The van der Waals surface area contributed by atoms with E-state index in [0.29, 0.717) is 17.9 Å². The normalized spacial score (nSPS) is 32.8. The fourth-order valence-corrected chi connectivity index (χ4v) is 4.66. The highest BCUT2D eigenvalue weighted by atomic mass is 16.2. The maximum Gasteiger partial charge on any atom is 0.224 e. The number of fused-ring (bicyclic) bond motifs is 3. The van der Waals surface area contributed by atoms with E-state index in [1.807, 2.05) is 0 Å². The molecule has 24 heavy (non-hydrogen) atoms. The van der Waals surface area contributed by atoms with Gasteiger partial charge in [-0.3, -0.25) is 4.79 Å². The minimum atomic E-state index is 0.242. The molecular weight excluding hydrogens is 298 g/mol. The highest BCUT2D eigenvalue weighted by molar-refractivity contribution is 5.79. The minimum Gasteiger partial charge on any atom is -0.352 e. The van der Waals surface area contributed by atoms with Crippen LogP contribution in [-0.2, 0) is 11.2 Å². The molecule has 0 spiro atoms. The van der Waals surface area contributed by atoms with Gasteiger partial charge in [-0.1, -0.05) is 30.3 Å². The van der Waals surface area contributed by atoms with Gasteiger partial charge in [-0.2, -0.15) is 0 Å². The van der Waals surface area contributed by atoms with Gasteiger partial charge in [-0.05, 0) is 50.3 Å². The summed E-state index contributed by atoms with van der Waals surface area (Å²) in [6, 6.07) is 11.0. The van der Waals surface area contributed by atoms with Gasteiger partial charge >= 0.3 is 0 Å². The third-order valence-electron chi connectivity index (χ3n) is 6.17. The molecule has 1 aromatic carbocycles. The fourth-order valence-electron chi connectivity index (χ4n) is 4.66. The summed E-state index contributed by atoms with van der Waals surface area (Å²) < 4.78 is 0. The van der Waals surface area contributed by atoms with E-state index in [2.05, 4.69) is 45.4 Å². The van der Waals surface area contributed by atoms with Crippen LogP contribution in [0.2, 0.25) is 0 Å². The molecule has 1 amide bonds. The monoisotopic (exact) mass is 327 g/mol. The lowest BCUT2D eigenvalue weighted by atomic mass is 9.78. The first-order valence-electron chi connectivity index (χ1n) is 9.57. The van der Waals surface area contributed by atoms with Crippen LogP contribution in [0.4, 0.5) is 0 Å². The topological polar surface area (TPSA) is 35.6 Å². The van der Waals surface area contributed by atoms with Crippen LogP contribution >= 0.6 is 0 Å². The predicted molar refractivity (Wildman–Crippen MR) is 95.8 cm³/mol. The van der Waals surface area contributed by atoms with Gasteiger partial charge in [0.2, 0.25) is 5.91 Å². The predicted octanol–water partition coefficient (Wildman–Crippen LogP) is 1.76. The molecule has 4 heterocycles. The number of nitrogens with one attached hydrogen (secondary N) is 1. The standard InChI is InChI=1S/C20H29N3O/c24-20(19-15-23-11-7-17(19)8-12-23)21-18-9-13-22(14-18)10-6-16-4-2-1-3-5-16/h1-5,17-19H,6-15H2,(H,21,24). The fraction of sp³-hybridized carbons (Fsp3) is 0.650. The van der Waals surface area contributed by atoms with E-state index in [4.69, 9.17) is 0 Å². The number of piperidine rings is 3. The number of nitrogens with zero attached hydrogens (tertiary/aromatic N) is 2. The first kappa shape index (κ1) is 16.1. The molecule has 2 bridgehead atoms. The maximum atomic E-state index is 12.7. The van der Waals surface area contributed by atoms with E-state index in [-0.39, 0.29) is 5.92 Å². The van der Waals surface area contributed by atoms with Gasteiger partial charge in [0.15, 0.2) is 0 Å². The Labute approximate surface area is 145 Å². The number of benzene rings is 1. The summed E-state index contributed by atoms with van der Waals surface area (Å²) in [4.78, 5) is 17.6. The summed E-state index contributed by atoms with van der Waals surface area (Å²) in [6.45, 7) is 6.60. The number of hydrogen-bond acceptors (Lipinski definition) is 3. The van der Waals surface area contributed by atoms with Crippen molar-refractivity contribution in [3.63, 3.8) is 0 Å². The highest BCUT2D eigenvalue weighted by Crippen LogP contribution is 2.32. The Balaban J connectivity index is 1.23. The Kier molecular flexibility index (Phi) is 4.86. The zero-order chi connectivity index (χ0) is 16.4. The SMILES string of the molecule is O=C(NC1CCN(CCc2ccccc2)C1)C1CN2CCC1CC2. The van der Waals surface area contributed by atoms with E-state index in [9.17, 15) is 4.79 Å². The Morgan fingerprint density at radius 2 is 1.83 bits per heavy atom. The second-order valence-corrected chi connectivity index (χ2v) is 7.77. The zero-order valence-electron chi connectivity index (χ0n) is 14.5. The van der Waals surface area contributed by atoms with Crippen molar-refractivity contribution in [3.8, 4) is 0 Å². The summed E-state index contributed by atoms with van der Waals surface area (Å²) in [5.41, 5.74) is 1.40. The van der Waals surface area contributed by atoms with Crippen LogP contribution in [0.3, 0.4) is 0 Å². The van der Waals surface area contributed by atoms with E-state index >= 15 is 0 Å². The lowest BCUT2D eigenvalue weighted by Crippen LogP contribution is -2.54. The molecule has 0 aromatic heterocycles. The van der Waals surface area contributed by atoms with Gasteiger partial charge in [-0.25, -0.2) is 0 Å². The van der Waals surface area contributed by atoms with Crippen LogP contribution in [0.25, 0.3) is 0 Å². The van der Waals surface area contributed by atoms with Gasteiger partial charge in [0.05, 0.1) is 5.92 Å². The molecule has 0 aliphatic carbocycles. The van der Waals surface area contributed by atoms with E-state index in [0.717, 1.165) is 39.0 Å². The minimum absolute atomic E-state index is 0.242. The van der Waals surface area contributed by atoms with Gasteiger partial charge in [-0.15, -0.1) is 0 Å². The Morgan fingerprint density at radius 3 is 2.54 bits per heavy atom. The summed E-state index contributed by atoms with van der Waals surface area (Å²) in [5, 5.41) is 3.35. The van der Waals surface area contributed by atoms with Crippen molar-refractivity contribution in [2.24, 2.45) is 11.8 Å².